The lowest BCUT2D eigenvalue weighted by molar-refractivity contribution is -0.133. The highest BCUT2D eigenvalue weighted by atomic mass is 35.5. The number of methoxy groups -OCH3 is 2. The van der Waals surface area contributed by atoms with E-state index < -0.39 is 0 Å². The van der Waals surface area contributed by atoms with Gasteiger partial charge in [-0.05, 0) is 45.7 Å². The fraction of sp³-hybridized carbons (Fsp3) is 0.524. The Kier molecular flexibility index (Phi) is 6.18. The van der Waals surface area contributed by atoms with Crippen LogP contribution in [-0.4, -0.2) is 41.4 Å². The summed E-state index contributed by atoms with van der Waals surface area (Å²) in [6, 6.07) is 5.75. The van der Waals surface area contributed by atoms with Crippen molar-refractivity contribution in [2.45, 2.75) is 52.1 Å². The van der Waals surface area contributed by atoms with E-state index >= 15 is 0 Å². The van der Waals surface area contributed by atoms with Crippen LogP contribution in [0.4, 0.5) is 0 Å². The molecule has 1 aromatic carbocycles. The number of hydrogen-bond acceptors (Lipinski definition) is 4. The Labute approximate surface area is 171 Å². The highest BCUT2D eigenvalue weighted by Gasteiger charge is 2.33. The first kappa shape index (κ1) is 20.5. The highest BCUT2D eigenvalue weighted by molar-refractivity contribution is 6.31. The van der Waals surface area contributed by atoms with Gasteiger partial charge in [0.15, 0.2) is 0 Å². The molecule has 1 fully saturated rings. The van der Waals surface area contributed by atoms with E-state index in [-0.39, 0.29) is 18.0 Å². The van der Waals surface area contributed by atoms with Crippen molar-refractivity contribution in [3.05, 3.63) is 40.2 Å². The molecule has 1 saturated heterocycles. The summed E-state index contributed by atoms with van der Waals surface area (Å²) in [6.07, 6.45) is 2.29. The second kappa shape index (κ2) is 8.43. The normalized spacial score (nSPS) is 17.6. The van der Waals surface area contributed by atoms with E-state index in [0.717, 1.165) is 47.8 Å². The van der Waals surface area contributed by atoms with Crippen LogP contribution in [0.5, 0.6) is 11.5 Å². The first-order valence-corrected chi connectivity index (χ1v) is 9.97. The molecule has 1 aromatic heterocycles. The number of amides is 1. The number of halogens is 1. The summed E-state index contributed by atoms with van der Waals surface area (Å²) in [5.41, 5.74) is 2.71. The molecule has 3 rings (SSSR count). The van der Waals surface area contributed by atoms with E-state index in [0.29, 0.717) is 11.4 Å². The molecule has 0 N–H and O–H groups in total. The number of nitrogens with zero attached hydrogens (tertiary/aromatic N) is 3. The van der Waals surface area contributed by atoms with Gasteiger partial charge in [-0.2, -0.15) is 5.10 Å². The molecule has 152 valence electrons. The van der Waals surface area contributed by atoms with E-state index in [1.807, 2.05) is 48.6 Å². The summed E-state index contributed by atoms with van der Waals surface area (Å²) in [5.74, 6) is 1.62. The van der Waals surface area contributed by atoms with Gasteiger partial charge >= 0.3 is 0 Å². The summed E-state index contributed by atoms with van der Waals surface area (Å²) < 4.78 is 12.7. The van der Waals surface area contributed by atoms with Gasteiger partial charge in [0, 0.05) is 24.6 Å². The Bertz CT molecular complexity index is 865. The van der Waals surface area contributed by atoms with Gasteiger partial charge in [0.1, 0.15) is 11.5 Å². The van der Waals surface area contributed by atoms with Crippen LogP contribution in [0.2, 0.25) is 5.02 Å². The number of carbonyl (C=O) groups excluding carboxylic acids is 1. The number of rotatable bonds is 6. The van der Waals surface area contributed by atoms with E-state index in [1.54, 1.807) is 14.2 Å². The molecule has 7 heteroatoms. The van der Waals surface area contributed by atoms with Crippen molar-refractivity contribution in [2.24, 2.45) is 0 Å². The first-order chi connectivity index (χ1) is 13.4. The number of likely N-dealkylation sites (tertiary alicyclic amines) is 1. The van der Waals surface area contributed by atoms with Crippen LogP contribution < -0.4 is 9.47 Å². The van der Waals surface area contributed by atoms with Crippen molar-refractivity contribution in [2.75, 3.05) is 20.8 Å². The summed E-state index contributed by atoms with van der Waals surface area (Å²) in [7, 11) is 3.28. The van der Waals surface area contributed by atoms with Gasteiger partial charge in [-0.1, -0.05) is 11.6 Å². The lowest BCUT2D eigenvalue weighted by atomic mass is 10.0. The molecular formula is C21H28ClN3O3. The number of aryl methyl sites for hydroxylation is 1. The number of ether oxygens (including phenoxy) is 2. The molecule has 1 aliphatic rings. The van der Waals surface area contributed by atoms with Gasteiger partial charge in [0.05, 0.1) is 42.7 Å². The topological polar surface area (TPSA) is 56.6 Å². The fourth-order valence-electron chi connectivity index (χ4n) is 4.01. The second-order valence-electron chi connectivity index (χ2n) is 7.34. The van der Waals surface area contributed by atoms with Crippen molar-refractivity contribution < 1.29 is 14.3 Å². The molecule has 2 aromatic rings. The SMILES string of the molecule is COc1ccc([C@@H]2CCCN2C(=O)C[C@H](C)n2nc(C)c(Cl)c2C)c(OC)c1. The number of hydrogen-bond donors (Lipinski definition) is 0. The zero-order valence-electron chi connectivity index (χ0n) is 17.2. The lowest BCUT2D eigenvalue weighted by Crippen LogP contribution is -2.32. The molecule has 2 heterocycles. The van der Waals surface area contributed by atoms with Crippen LogP contribution in [0.1, 0.15) is 55.2 Å². The molecule has 2 atom stereocenters. The molecule has 0 radical (unpaired) electrons. The summed E-state index contributed by atoms with van der Waals surface area (Å²) in [6.45, 7) is 6.58. The highest BCUT2D eigenvalue weighted by Crippen LogP contribution is 2.39. The minimum atomic E-state index is -0.0577. The third kappa shape index (κ3) is 3.83. The van der Waals surface area contributed by atoms with Crippen LogP contribution >= 0.6 is 11.6 Å². The molecular weight excluding hydrogens is 378 g/mol. The van der Waals surface area contributed by atoms with Crippen molar-refractivity contribution in [1.29, 1.82) is 0 Å². The molecule has 0 bridgehead atoms. The largest absolute Gasteiger partial charge is 0.497 e. The Morgan fingerprint density at radius 3 is 2.68 bits per heavy atom. The third-order valence-corrected chi connectivity index (χ3v) is 6.04. The standard InChI is InChI=1S/C21H28ClN3O3/c1-13(25-15(3)21(22)14(2)23-25)11-20(26)24-10-6-7-18(24)17-9-8-16(27-4)12-19(17)28-5/h8-9,12-13,18H,6-7,10-11H2,1-5H3/t13-,18-/m0/s1. The van der Waals surface area contributed by atoms with Crippen LogP contribution in [0.15, 0.2) is 18.2 Å². The Morgan fingerprint density at radius 1 is 1.32 bits per heavy atom. The maximum Gasteiger partial charge on any atom is 0.225 e. The van der Waals surface area contributed by atoms with Crippen molar-refractivity contribution in [3.8, 4) is 11.5 Å². The van der Waals surface area contributed by atoms with Gasteiger partial charge < -0.3 is 14.4 Å². The van der Waals surface area contributed by atoms with E-state index in [2.05, 4.69) is 5.10 Å². The van der Waals surface area contributed by atoms with Crippen LogP contribution in [0.25, 0.3) is 0 Å². The van der Waals surface area contributed by atoms with Crippen LogP contribution in [0, 0.1) is 13.8 Å². The molecule has 0 aliphatic carbocycles. The molecule has 6 nitrogen and oxygen atoms in total. The fourth-order valence-corrected chi connectivity index (χ4v) is 4.14. The van der Waals surface area contributed by atoms with Crippen LogP contribution in [-0.2, 0) is 4.79 Å². The van der Waals surface area contributed by atoms with Gasteiger partial charge in [-0.25, -0.2) is 0 Å². The Morgan fingerprint density at radius 2 is 2.07 bits per heavy atom. The monoisotopic (exact) mass is 405 g/mol. The molecule has 0 unspecified atom stereocenters. The summed E-state index contributed by atoms with van der Waals surface area (Å²) in [4.78, 5) is 15.1. The molecule has 0 spiro atoms. The smallest absolute Gasteiger partial charge is 0.225 e. The Hall–Kier alpha value is -2.21. The maximum atomic E-state index is 13.1. The average molecular weight is 406 g/mol. The maximum absolute atomic E-state index is 13.1. The van der Waals surface area contributed by atoms with Crippen molar-refractivity contribution in [1.82, 2.24) is 14.7 Å². The zero-order chi connectivity index (χ0) is 20.4. The first-order valence-electron chi connectivity index (χ1n) is 9.60. The number of aromatic nitrogens is 2. The third-order valence-electron chi connectivity index (χ3n) is 5.50. The summed E-state index contributed by atoms with van der Waals surface area (Å²) >= 11 is 6.26. The Balaban J connectivity index is 1.79. The number of benzene rings is 1. The van der Waals surface area contributed by atoms with Gasteiger partial charge in [-0.15, -0.1) is 0 Å². The van der Waals surface area contributed by atoms with Crippen LogP contribution in [0.3, 0.4) is 0 Å². The molecule has 1 amide bonds. The molecule has 0 saturated carbocycles. The van der Waals surface area contributed by atoms with Crippen molar-refractivity contribution >= 4 is 17.5 Å². The second-order valence-corrected chi connectivity index (χ2v) is 7.71. The van der Waals surface area contributed by atoms with Crippen molar-refractivity contribution in [3.63, 3.8) is 0 Å². The summed E-state index contributed by atoms with van der Waals surface area (Å²) in [5, 5.41) is 5.16. The zero-order valence-corrected chi connectivity index (χ0v) is 17.9. The van der Waals surface area contributed by atoms with Gasteiger partial charge in [-0.3, -0.25) is 9.48 Å². The predicted molar refractivity (Wildman–Crippen MR) is 109 cm³/mol. The molecule has 28 heavy (non-hydrogen) atoms. The quantitative estimate of drug-likeness (QED) is 0.710. The van der Waals surface area contributed by atoms with Gasteiger partial charge in [0.25, 0.3) is 0 Å². The number of carbonyl (C=O) groups is 1. The average Bonchev–Trinajstić information content (AvgIpc) is 3.28. The predicted octanol–water partition coefficient (Wildman–Crippen LogP) is 4.49. The van der Waals surface area contributed by atoms with Gasteiger partial charge in [0.2, 0.25) is 5.91 Å². The van der Waals surface area contributed by atoms with E-state index in [4.69, 9.17) is 21.1 Å². The lowest BCUT2D eigenvalue weighted by Gasteiger charge is -2.28. The minimum absolute atomic E-state index is 0.0181. The van der Waals surface area contributed by atoms with E-state index in [1.165, 1.54) is 0 Å². The van der Waals surface area contributed by atoms with E-state index in [9.17, 15) is 4.79 Å². The molecule has 1 aliphatic heterocycles. The minimum Gasteiger partial charge on any atom is -0.497 e.